The summed E-state index contributed by atoms with van der Waals surface area (Å²) in [5, 5.41) is 2.93. The molecule has 4 heteroatoms. The molecule has 0 bridgehead atoms. The van der Waals surface area contributed by atoms with Crippen LogP contribution < -0.4 is 5.32 Å². The summed E-state index contributed by atoms with van der Waals surface area (Å²) in [5.41, 5.74) is 1.38. The quantitative estimate of drug-likeness (QED) is 0.852. The van der Waals surface area contributed by atoms with Gasteiger partial charge in [-0.25, -0.2) is 8.78 Å². The lowest BCUT2D eigenvalue weighted by Crippen LogP contribution is -2.32. The lowest BCUT2D eigenvalue weighted by molar-refractivity contribution is 0.0939. The highest BCUT2D eigenvalue weighted by Crippen LogP contribution is 2.25. The molecule has 0 heterocycles. The monoisotopic (exact) mass is 325 g/mol. The van der Waals surface area contributed by atoms with E-state index in [-0.39, 0.29) is 11.5 Å². The molecule has 1 aliphatic rings. The van der Waals surface area contributed by atoms with Crippen LogP contribution >= 0.6 is 0 Å². The van der Waals surface area contributed by atoms with Crippen LogP contribution in [-0.4, -0.2) is 12.5 Å². The van der Waals surface area contributed by atoms with Gasteiger partial charge in [0.1, 0.15) is 11.6 Å². The van der Waals surface area contributed by atoms with Crippen molar-refractivity contribution < 1.29 is 13.6 Å². The van der Waals surface area contributed by atoms with Gasteiger partial charge in [-0.3, -0.25) is 4.79 Å². The molecular formula is C20H17F2NO. The molecule has 1 saturated carbocycles. The second kappa shape index (κ2) is 7.27. The van der Waals surface area contributed by atoms with Gasteiger partial charge in [-0.05, 0) is 55.2 Å². The summed E-state index contributed by atoms with van der Waals surface area (Å²) in [7, 11) is 0. The molecule has 0 spiro atoms. The molecule has 2 aromatic carbocycles. The normalized spacial score (nSPS) is 13.6. The van der Waals surface area contributed by atoms with E-state index in [4.69, 9.17) is 0 Å². The summed E-state index contributed by atoms with van der Waals surface area (Å²) in [6.07, 6.45) is 3.63. The number of carbonyl (C=O) groups excluding carboxylic acids is 1. The van der Waals surface area contributed by atoms with Crippen LogP contribution in [0.4, 0.5) is 8.78 Å². The Hall–Kier alpha value is -2.67. The third kappa shape index (κ3) is 3.99. The summed E-state index contributed by atoms with van der Waals surface area (Å²) in [4.78, 5) is 12.0. The van der Waals surface area contributed by atoms with Crippen LogP contribution in [0.3, 0.4) is 0 Å². The van der Waals surface area contributed by atoms with Gasteiger partial charge in [-0.15, -0.1) is 0 Å². The fourth-order valence-corrected chi connectivity index (χ4v) is 2.47. The van der Waals surface area contributed by atoms with Gasteiger partial charge in [0.15, 0.2) is 0 Å². The summed E-state index contributed by atoms with van der Waals surface area (Å²) in [6.45, 7) is 0.726. The second-order valence-corrected chi connectivity index (χ2v) is 5.96. The molecule has 2 nitrogen and oxygen atoms in total. The van der Waals surface area contributed by atoms with E-state index >= 15 is 0 Å². The molecule has 0 atom stereocenters. The van der Waals surface area contributed by atoms with E-state index in [2.05, 4.69) is 17.2 Å². The van der Waals surface area contributed by atoms with Crippen molar-refractivity contribution in [2.24, 2.45) is 5.92 Å². The fraction of sp³-hybridized carbons (Fsp3) is 0.250. The van der Waals surface area contributed by atoms with Gasteiger partial charge in [-0.1, -0.05) is 18.3 Å². The Morgan fingerprint density at radius 2 is 1.83 bits per heavy atom. The van der Waals surface area contributed by atoms with Crippen molar-refractivity contribution in [1.82, 2.24) is 5.32 Å². The van der Waals surface area contributed by atoms with Crippen molar-refractivity contribution in [2.75, 3.05) is 6.54 Å². The van der Waals surface area contributed by atoms with E-state index in [1.54, 1.807) is 24.3 Å². The number of hydrogen-bond donors (Lipinski definition) is 1. The largest absolute Gasteiger partial charge is 0.352 e. The standard InChI is InChI=1S/C20H17F2NO/c21-18-11-10-16(19(22)12-18)7-4-14-5-8-17(9-6-14)20(24)23-13-15-2-1-3-15/h5-6,8-12,15H,1-3,13H2,(H,23,24). The number of carbonyl (C=O) groups is 1. The number of benzene rings is 2. The van der Waals surface area contributed by atoms with Crippen LogP contribution in [0.15, 0.2) is 42.5 Å². The highest BCUT2D eigenvalue weighted by Gasteiger charge is 2.18. The summed E-state index contributed by atoms with van der Waals surface area (Å²) >= 11 is 0. The summed E-state index contributed by atoms with van der Waals surface area (Å²) < 4.78 is 26.4. The molecule has 1 N–H and O–H groups in total. The van der Waals surface area contributed by atoms with E-state index in [0.717, 1.165) is 12.6 Å². The van der Waals surface area contributed by atoms with Crippen molar-refractivity contribution in [1.29, 1.82) is 0 Å². The van der Waals surface area contributed by atoms with Gasteiger partial charge in [0.25, 0.3) is 5.91 Å². The highest BCUT2D eigenvalue weighted by molar-refractivity contribution is 5.94. The van der Waals surface area contributed by atoms with Gasteiger partial charge in [0.05, 0.1) is 5.56 Å². The third-order valence-electron chi connectivity index (χ3n) is 4.20. The number of hydrogen-bond acceptors (Lipinski definition) is 1. The minimum Gasteiger partial charge on any atom is -0.352 e. The van der Waals surface area contributed by atoms with E-state index in [1.807, 2.05) is 0 Å². The molecule has 24 heavy (non-hydrogen) atoms. The maximum absolute atomic E-state index is 13.5. The molecule has 0 unspecified atom stereocenters. The van der Waals surface area contributed by atoms with Crippen molar-refractivity contribution in [3.63, 3.8) is 0 Å². The maximum atomic E-state index is 13.5. The first-order valence-corrected chi connectivity index (χ1v) is 7.97. The number of rotatable bonds is 3. The van der Waals surface area contributed by atoms with Crippen LogP contribution in [0.25, 0.3) is 0 Å². The summed E-state index contributed by atoms with van der Waals surface area (Å²) in [5.74, 6) is 4.69. The van der Waals surface area contributed by atoms with Crippen molar-refractivity contribution in [3.8, 4) is 11.8 Å². The van der Waals surface area contributed by atoms with Gasteiger partial charge in [0, 0.05) is 23.7 Å². The topological polar surface area (TPSA) is 29.1 Å². The molecule has 122 valence electrons. The van der Waals surface area contributed by atoms with Crippen molar-refractivity contribution >= 4 is 5.91 Å². The van der Waals surface area contributed by atoms with E-state index in [9.17, 15) is 13.6 Å². The molecule has 1 amide bonds. The molecule has 0 radical (unpaired) electrons. The maximum Gasteiger partial charge on any atom is 0.251 e. The number of halogens is 2. The average Bonchev–Trinajstić information content (AvgIpc) is 2.53. The minimum atomic E-state index is -0.686. The number of amides is 1. The van der Waals surface area contributed by atoms with E-state index < -0.39 is 11.6 Å². The summed E-state index contributed by atoms with van der Waals surface area (Å²) in [6, 6.07) is 10.1. The van der Waals surface area contributed by atoms with Crippen LogP contribution in [0.2, 0.25) is 0 Å². The Balaban J connectivity index is 1.64. The predicted molar refractivity (Wildman–Crippen MR) is 88.5 cm³/mol. The number of nitrogens with one attached hydrogen (secondary N) is 1. The first-order valence-electron chi connectivity index (χ1n) is 7.97. The predicted octanol–water partition coefficient (Wildman–Crippen LogP) is 3.89. The Morgan fingerprint density at radius 1 is 1.08 bits per heavy atom. The molecule has 0 aromatic heterocycles. The Kier molecular flexibility index (Phi) is 4.90. The van der Waals surface area contributed by atoms with Crippen molar-refractivity contribution in [2.45, 2.75) is 19.3 Å². The Labute approximate surface area is 139 Å². The smallest absolute Gasteiger partial charge is 0.251 e. The zero-order valence-corrected chi connectivity index (χ0v) is 13.1. The van der Waals surface area contributed by atoms with Gasteiger partial charge < -0.3 is 5.32 Å². The van der Waals surface area contributed by atoms with Gasteiger partial charge in [0.2, 0.25) is 0 Å². The highest BCUT2D eigenvalue weighted by atomic mass is 19.1. The van der Waals surface area contributed by atoms with Crippen LogP contribution in [0.1, 0.15) is 40.7 Å². The molecule has 1 aliphatic carbocycles. The zero-order valence-electron chi connectivity index (χ0n) is 13.1. The van der Waals surface area contributed by atoms with E-state index in [1.165, 1.54) is 31.4 Å². The molecule has 1 fully saturated rings. The zero-order chi connectivity index (χ0) is 16.9. The molecule has 3 rings (SSSR count). The van der Waals surface area contributed by atoms with Crippen LogP contribution in [0.5, 0.6) is 0 Å². The lowest BCUT2D eigenvalue weighted by Gasteiger charge is -2.25. The third-order valence-corrected chi connectivity index (χ3v) is 4.20. The Morgan fingerprint density at radius 3 is 2.46 bits per heavy atom. The average molecular weight is 325 g/mol. The first-order chi connectivity index (χ1) is 11.6. The van der Waals surface area contributed by atoms with Crippen molar-refractivity contribution in [3.05, 3.63) is 70.8 Å². The SMILES string of the molecule is O=C(NCC1CCC1)c1ccc(C#Cc2ccc(F)cc2F)cc1. The van der Waals surface area contributed by atoms with Crippen LogP contribution in [-0.2, 0) is 0 Å². The second-order valence-electron chi connectivity index (χ2n) is 5.96. The lowest BCUT2D eigenvalue weighted by atomic mass is 9.85. The van der Waals surface area contributed by atoms with E-state index in [0.29, 0.717) is 17.0 Å². The molecule has 0 aliphatic heterocycles. The van der Waals surface area contributed by atoms with Crippen LogP contribution in [0, 0.1) is 29.4 Å². The van der Waals surface area contributed by atoms with Gasteiger partial charge >= 0.3 is 0 Å². The minimum absolute atomic E-state index is 0.0917. The fourth-order valence-electron chi connectivity index (χ4n) is 2.47. The molecule has 2 aromatic rings. The first kappa shape index (κ1) is 16.2. The Bertz CT molecular complexity index is 799. The van der Waals surface area contributed by atoms with Gasteiger partial charge in [-0.2, -0.15) is 0 Å². The molecule has 0 saturated heterocycles. The molecular weight excluding hydrogens is 308 g/mol.